The van der Waals surface area contributed by atoms with E-state index in [1.165, 1.54) is 0 Å². The van der Waals surface area contributed by atoms with Crippen molar-refractivity contribution in [2.75, 3.05) is 13.6 Å². The van der Waals surface area contributed by atoms with Gasteiger partial charge in [0.1, 0.15) is 6.04 Å². The molecular weight excluding hydrogens is 242 g/mol. The van der Waals surface area contributed by atoms with Crippen LogP contribution in [0.15, 0.2) is 24.3 Å². The number of hydrogen-bond donors (Lipinski definition) is 2. The summed E-state index contributed by atoms with van der Waals surface area (Å²) in [7, 11) is 1.75. The standard InChI is InChI=1S/C14H19N3O2/c1-9(15)13(18)16-12-11-6-4-3-5-10(11)7-8-17(2)14(12)19/h3-6,9,12H,7-8,15H2,1-2H3,(H,16,18)/t9-,12-/m0/s1. The number of hydrogen-bond acceptors (Lipinski definition) is 3. The van der Waals surface area contributed by atoms with Crippen LogP contribution in [0.5, 0.6) is 0 Å². The lowest BCUT2D eigenvalue weighted by Gasteiger charge is -2.22. The first kappa shape index (κ1) is 13.5. The van der Waals surface area contributed by atoms with E-state index in [9.17, 15) is 9.59 Å². The molecule has 1 aliphatic rings. The molecule has 5 nitrogen and oxygen atoms in total. The smallest absolute Gasteiger partial charge is 0.249 e. The van der Waals surface area contributed by atoms with Crippen LogP contribution in [0.4, 0.5) is 0 Å². The average Bonchev–Trinajstić information content (AvgIpc) is 2.51. The van der Waals surface area contributed by atoms with Gasteiger partial charge in [-0.2, -0.15) is 0 Å². The highest BCUT2D eigenvalue weighted by Gasteiger charge is 2.30. The van der Waals surface area contributed by atoms with Gasteiger partial charge >= 0.3 is 0 Å². The Morgan fingerprint density at radius 3 is 2.84 bits per heavy atom. The number of carbonyl (C=O) groups excluding carboxylic acids is 2. The number of nitrogens with one attached hydrogen (secondary N) is 1. The third-order valence-corrected chi connectivity index (χ3v) is 3.41. The van der Waals surface area contributed by atoms with Gasteiger partial charge in [-0.05, 0) is 24.5 Å². The number of rotatable bonds is 2. The van der Waals surface area contributed by atoms with Gasteiger partial charge < -0.3 is 16.0 Å². The monoisotopic (exact) mass is 261 g/mol. The maximum Gasteiger partial charge on any atom is 0.249 e. The van der Waals surface area contributed by atoms with Crippen LogP contribution >= 0.6 is 0 Å². The molecule has 0 unspecified atom stereocenters. The topological polar surface area (TPSA) is 75.4 Å². The van der Waals surface area contributed by atoms with Crippen molar-refractivity contribution >= 4 is 11.8 Å². The highest BCUT2D eigenvalue weighted by Crippen LogP contribution is 2.24. The van der Waals surface area contributed by atoms with Crippen molar-refractivity contribution < 1.29 is 9.59 Å². The molecule has 0 aromatic heterocycles. The molecule has 1 aromatic rings. The quantitative estimate of drug-likeness (QED) is 0.799. The number of nitrogens with two attached hydrogens (primary N) is 1. The molecule has 1 aliphatic heterocycles. The first-order valence-electron chi connectivity index (χ1n) is 6.39. The van der Waals surface area contributed by atoms with Gasteiger partial charge in [-0.3, -0.25) is 9.59 Å². The van der Waals surface area contributed by atoms with Gasteiger partial charge in [0.15, 0.2) is 0 Å². The number of amides is 2. The molecular formula is C14H19N3O2. The van der Waals surface area contributed by atoms with E-state index in [0.29, 0.717) is 6.54 Å². The molecule has 2 atom stereocenters. The normalized spacial score (nSPS) is 20.5. The minimum Gasteiger partial charge on any atom is -0.343 e. The molecule has 5 heteroatoms. The van der Waals surface area contributed by atoms with E-state index in [1.54, 1.807) is 18.9 Å². The summed E-state index contributed by atoms with van der Waals surface area (Å²) in [4.78, 5) is 25.8. The molecule has 0 aliphatic carbocycles. The molecule has 2 rings (SSSR count). The second-order valence-electron chi connectivity index (χ2n) is 4.94. The summed E-state index contributed by atoms with van der Waals surface area (Å²) in [6.45, 7) is 2.26. The first-order chi connectivity index (χ1) is 9.00. The second-order valence-corrected chi connectivity index (χ2v) is 4.94. The van der Waals surface area contributed by atoms with E-state index in [-0.39, 0.29) is 11.8 Å². The molecule has 0 spiro atoms. The molecule has 0 fully saturated rings. The molecule has 0 radical (unpaired) electrons. The number of nitrogens with zero attached hydrogens (tertiary/aromatic N) is 1. The van der Waals surface area contributed by atoms with Crippen LogP contribution in [0.1, 0.15) is 24.1 Å². The van der Waals surface area contributed by atoms with Crippen LogP contribution in [0.3, 0.4) is 0 Å². The van der Waals surface area contributed by atoms with E-state index in [0.717, 1.165) is 17.5 Å². The van der Waals surface area contributed by atoms with Crippen LogP contribution in [0, 0.1) is 0 Å². The van der Waals surface area contributed by atoms with E-state index in [4.69, 9.17) is 5.73 Å². The molecule has 0 saturated heterocycles. The SMILES string of the molecule is C[C@H](N)C(=O)N[C@@H]1C(=O)N(C)CCc2ccccc21. The van der Waals surface area contributed by atoms with Gasteiger partial charge in [0, 0.05) is 13.6 Å². The lowest BCUT2D eigenvalue weighted by atomic mass is 9.99. The Kier molecular flexibility index (Phi) is 3.85. The van der Waals surface area contributed by atoms with Crippen LogP contribution in [0.2, 0.25) is 0 Å². The highest BCUT2D eigenvalue weighted by molar-refractivity contribution is 5.90. The summed E-state index contributed by atoms with van der Waals surface area (Å²) in [6.07, 6.45) is 0.795. The predicted octanol–water partition coefficient (Wildman–Crippen LogP) is 0.206. The zero-order valence-corrected chi connectivity index (χ0v) is 11.2. The summed E-state index contributed by atoms with van der Waals surface area (Å²) in [5, 5.41) is 2.74. The zero-order valence-electron chi connectivity index (χ0n) is 11.2. The van der Waals surface area contributed by atoms with Gasteiger partial charge in [-0.1, -0.05) is 24.3 Å². The first-order valence-corrected chi connectivity index (χ1v) is 6.39. The summed E-state index contributed by atoms with van der Waals surface area (Å²) in [6, 6.07) is 6.43. The fraction of sp³-hybridized carbons (Fsp3) is 0.429. The van der Waals surface area contributed by atoms with Gasteiger partial charge in [0.2, 0.25) is 11.8 Å². The fourth-order valence-electron chi connectivity index (χ4n) is 2.21. The van der Waals surface area contributed by atoms with Gasteiger partial charge in [-0.15, -0.1) is 0 Å². The third-order valence-electron chi connectivity index (χ3n) is 3.41. The summed E-state index contributed by atoms with van der Waals surface area (Å²) in [5.41, 5.74) is 7.51. The van der Waals surface area contributed by atoms with Gasteiger partial charge in [-0.25, -0.2) is 0 Å². The van der Waals surface area contributed by atoms with E-state index in [1.807, 2.05) is 24.3 Å². The van der Waals surface area contributed by atoms with Gasteiger partial charge in [0.05, 0.1) is 6.04 Å². The largest absolute Gasteiger partial charge is 0.343 e. The Hall–Kier alpha value is -1.88. The predicted molar refractivity (Wildman–Crippen MR) is 72.3 cm³/mol. The van der Waals surface area contributed by atoms with Gasteiger partial charge in [0.25, 0.3) is 0 Å². The van der Waals surface area contributed by atoms with Crippen LogP contribution in [-0.4, -0.2) is 36.3 Å². The lowest BCUT2D eigenvalue weighted by Crippen LogP contribution is -2.45. The Morgan fingerprint density at radius 2 is 2.16 bits per heavy atom. The fourth-order valence-corrected chi connectivity index (χ4v) is 2.21. The molecule has 0 saturated carbocycles. The van der Waals surface area contributed by atoms with Crippen molar-refractivity contribution in [3.63, 3.8) is 0 Å². The van der Waals surface area contributed by atoms with Crippen LogP contribution in [0.25, 0.3) is 0 Å². The molecule has 0 bridgehead atoms. The maximum absolute atomic E-state index is 12.3. The summed E-state index contributed by atoms with van der Waals surface area (Å²) >= 11 is 0. The van der Waals surface area contributed by atoms with Crippen molar-refractivity contribution in [3.8, 4) is 0 Å². The van der Waals surface area contributed by atoms with Crippen LogP contribution in [-0.2, 0) is 16.0 Å². The van der Waals surface area contributed by atoms with Crippen molar-refractivity contribution in [3.05, 3.63) is 35.4 Å². The van der Waals surface area contributed by atoms with E-state index in [2.05, 4.69) is 5.32 Å². The molecule has 19 heavy (non-hydrogen) atoms. The Labute approximate surface area is 112 Å². The molecule has 1 aromatic carbocycles. The van der Waals surface area contributed by atoms with E-state index < -0.39 is 12.1 Å². The lowest BCUT2D eigenvalue weighted by molar-refractivity contribution is -0.135. The van der Waals surface area contributed by atoms with Crippen molar-refractivity contribution in [2.45, 2.75) is 25.4 Å². The third kappa shape index (κ3) is 2.76. The number of carbonyl (C=O) groups is 2. The Balaban J connectivity index is 2.36. The second kappa shape index (κ2) is 5.40. The maximum atomic E-state index is 12.3. The minimum atomic E-state index is -0.637. The Morgan fingerprint density at radius 1 is 1.47 bits per heavy atom. The Bertz CT molecular complexity index is 499. The average molecular weight is 261 g/mol. The molecule has 3 N–H and O–H groups in total. The van der Waals surface area contributed by atoms with Crippen molar-refractivity contribution in [1.82, 2.24) is 10.2 Å². The number of benzene rings is 1. The highest BCUT2D eigenvalue weighted by atomic mass is 16.2. The number of likely N-dealkylation sites (N-methyl/N-ethyl adjacent to an activating group) is 1. The molecule has 1 heterocycles. The van der Waals surface area contributed by atoms with Crippen molar-refractivity contribution in [1.29, 1.82) is 0 Å². The van der Waals surface area contributed by atoms with Crippen molar-refractivity contribution in [2.24, 2.45) is 5.73 Å². The summed E-state index contributed by atoms with van der Waals surface area (Å²) < 4.78 is 0. The minimum absolute atomic E-state index is 0.0982. The summed E-state index contributed by atoms with van der Waals surface area (Å²) in [5.74, 6) is -0.414. The number of fused-ring (bicyclic) bond motifs is 1. The zero-order chi connectivity index (χ0) is 14.0. The van der Waals surface area contributed by atoms with E-state index >= 15 is 0 Å². The van der Waals surface area contributed by atoms with Crippen LogP contribution < -0.4 is 11.1 Å². The molecule has 102 valence electrons. The molecule has 2 amide bonds.